The zero-order chi connectivity index (χ0) is 12.7. The molecule has 1 heterocycles. The van der Waals surface area contributed by atoms with E-state index in [4.69, 9.17) is 4.74 Å². The molecule has 0 aliphatic heterocycles. The molecule has 0 atom stereocenters. The van der Waals surface area contributed by atoms with Crippen LogP contribution in [0.3, 0.4) is 0 Å². The zero-order valence-electron chi connectivity index (χ0n) is 10.9. The minimum Gasteiger partial charge on any atom is -0.380 e. The summed E-state index contributed by atoms with van der Waals surface area (Å²) in [6.07, 6.45) is 1.15. The fourth-order valence-corrected chi connectivity index (χ4v) is 2.95. The van der Waals surface area contributed by atoms with Crippen molar-refractivity contribution in [2.45, 2.75) is 33.7 Å². The number of ether oxygens (including phenoxy) is 1. The van der Waals surface area contributed by atoms with Gasteiger partial charge in [0, 0.05) is 33.9 Å². The fourth-order valence-electron chi connectivity index (χ4n) is 1.38. The fraction of sp³-hybridized carbons (Fsp3) is 0.692. The first-order valence-corrected chi connectivity index (χ1v) is 7.74. The van der Waals surface area contributed by atoms with Gasteiger partial charge >= 0.3 is 0 Å². The molecule has 0 saturated carbocycles. The lowest BCUT2D eigenvalue weighted by Crippen LogP contribution is -2.19. The Kier molecular flexibility index (Phi) is 7.35. The van der Waals surface area contributed by atoms with E-state index in [1.54, 1.807) is 0 Å². The molecule has 2 nitrogen and oxygen atoms in total. The average molecular weight is 320 g/mol. The Morgan fingerprint density at radius 2 is 2.18 bits per heavy atom. The van der Waals surface area contributed by atoms with Crippen LogP contribution in [0.2, 0.25) is 0 Å². The normalized spacial score (nSPS) is 11.4. The molecule has 1 aromatic rings. The number of rotatable bonds is 8. The summed E-state index contributed by atoms with van der Waals surface area (Å²) in [5.74, 6) is 0.731. The van der Waals surface area contributed by atoms with Crippen molar-refractivity contribution in [1.82, 2.24) is 5.32 Å². The molecular weight excluding hydrogens is 298 g/mol. The molecule has 98 valence electrons. The van der Waals surface area contributed by atoms with Crippen LogP contribution < -0.4 is 5.32 Å². The number of nitrogens with one attached hydrogen (secondary N) is 1. The lowest BCUT2D eigenvalue weighted by atomic mass is 10.1. The Labute approximate surface area is 117 Å². The number of halogens is 1. The van der Waals surface area contributed by atoms with E-state index in [0.717, 1.165) is 38.6 Å². The Hall–Kier alpha value is 0.100. The highest BCUT2D eigenvalue weighted by Crippen LogP contribution is 2.25. The molecule has 0 radical (unpaired) electrons. The molecule has 0 aliphatic rings. The molecule has 0 fully saturated rings. The third-order valence-corrected chi connectivity index (χ3v) is 4.61. The van der Waals surface area contributed by atoms with E-state index in [1.807, 2.05) is 11.3 Å². The summed E-state index contributed by atoms with van der Waals surface area (Å²) in [4.78, 5) is 2.71. The third kappa shape index (κ3) is 6.55. The van der Waals surface area contributed by atoms with Gasteiger partial charge in [-0.15, -0.1) is 11.3 Å². The molecule has 0 unspecified atom stereocenters. The van der Waals surface area contributed by atoms with Crippen LogP contribution in [0.5, 0.6) is 0 Å². The second-order valence-corrected chi connectivity index (χ2v) is 6.78. The van der Waals surface area contributed by atoms with Crippen molar-refractivity contribution in [3.8, 4) is 0 Å². The number of hydrogen-bond acceptors (Lipinski definition) is 3. The maximum atomic E-state index is 5.54. The summed E-state index contributed by atoms with van der Waals surface area (Å²) in [6, 6.07) is 2.19. The quantitative estimate of drug-likeness (QED) is 0.732. The second kappa shape index (κ2) is 8.25. The van der Waals surface area contributed by atoms with Gasteiger partial charge in [-0.05, 0) is 41.3 Å². The lowest BCUT2D eigenvalue weighted by Gasteiger charge is -2.06. The topological polar surface area (TPSA) is 21.3 Å². The van der Waals surface area contributed by atoms with E-state index in [-0.39, 0.29) is 0 Å². The summed E-state index contributed by atoms with van der Waals surface area (Å²) in [5.41, 5.74) is 0. The minimum atomic E-state index is 0.731. The SMILES string of the molecule is Cc1sc(CNCCOCCC(C)C)cc1Br. The van der Waals surface area contributed by atoms with Crippen LogP contribution in [0.25, 0.3) is 0 Å². The van der Waals surface area contributed by atoms with E-state index in [2.05, 4.69) is 48.1 Å². The highest BCUT2D eigenvalue weighted by molar-refractivity contribution is 9.10. The van der Waals surface area contributed by atoms with Gasteiger partial charge in [-0.25, -0.2) is 0 Å². The maximum absolute atomic E-state index is 5.54. The molecule has 17 heavy (non-hydrogen) atoms. The molecule has 0 aromatic carbocycles. The Balaban J connectivity index is 2.01. The van der Waals surface area contributed by atoms with Crippen molar-refractivity contribution < 1.29 is 4.74 Å². The van der Waals surface area contributed by atoms with E-state index < -0.39 is 0 Å². The van der Waals surface area contributed by atoms with Gasteiger partial charge in [0.05, 0.1) is 6.61 Å². The smallest absolute Gasteiger partial charge is 0.0591 e. The molecule has 0 amide bonds. The van der Waals surface area contributed by atoms with E-state index in [0.29, 0.717) is 0 Å². The van der Waals surface area contributed by atoms with Crippen molar-refractivity contribution in [2.75, 3.05) is 19.8 Å². The average Bonchev–Trinajstić information content (AvgIpc) is 2.56. The third-order valence-electron chi connectivity index (χ3n) is 2.47. The molecule has 0 bridgehead atoms. The Bertz CT molecular complexity index is 306. The van der Waals surface area contributed by atoms with Crippen molar-refractivity contribution in [3.05, 3.63) is 20.3 Å². The van der Waals surface area contributed by atoms with Gasteiger partial charge in [0.15, 0.2) is 0 Å². The van der Waals surface area contributed by atoms with Crippen molar-refractivity contribution >= 4 is 27.3 Å². The van der Waals surface area contributed by atoms with Gasteiger partial charge < -0.3 is 10.1 Å². The number of aryl methyl sites for hydroxylation is 1. The zero-order valence-corrected chi connectivity index (χ0v) is 13.3. The maximum Gasteiger partial charge on any atom is 0.0591 e. The summed E-state index contributed by atoms with van der Waals surface area (Å²) in [5, 5.41) is 3.39. The molecule has 1 aromatic heterocycles. The molecule has 0 aliphatic carbocycles. The predicted octanol–water partition coefficient (Wildman–Crippen LogP) is 3.97. The van der Waals surface area contributed by atoms with Crippen molar-refractivity contribution in [2.24, 2.45) is 5.92 Å². The van der Waals surface area contributed by atoms with Crippen LogP contribution in [0.15, 0.2) is 10.5 Å². The minimum absolute atomic E-state index is 0.731. The van der Waals surface area contributed by atoms with E-state index >= 15 is 0 Å². The van der Waals surface area contributed by atoms with Crippen LogP contribution >= 0.6 is 27.3 Å². The summed E-state index contributed by atoms with van der Waals surface area (Å²) in [6.45, 7) is 10.1. The molecule has 1 N–H and O–H groups in total. The lowest BCUT2D eigenvalue weighted by molar-refractivity contribution is 0.125. The first kappa shape index (κ1) is 15.2. The van der Waals surface area contributed by atoms with Crippen LogP contribution in [-0.2, 0) is 11.3 Å². The first-order chi connectivity index (χ1) is 8.09. The standard InChI is InChI=1S/C13H22BrNOS/c1-10(2)4-6-16-7-5-15-9-12-8-13(14)11(3)17-12/h8,10,15H,4-7,9H2,1-3H3. The van der Waals surface area contributed by atoms with Crippen LogP contribution in [0, 0.1) is 12.8 Å². The monoisotopic (exact) mass is 319 g/mol. The summed E-state index contributed by atoms with van der Waals surface area (Å²) < 4.78 is 6.76. The largest absolute Gasteiger partial charge is 0.380 e. The molecular formula is C13H22BrNOS. The van der Waals surface area contributed by atoms with Gasteiger partial charge in [-0.1, -0.05) is 13.8 Å². The number of hydrogen-bond donors (Lipinski definition) is 1. The van der Waals surface area contributed by atoms with Crippen LogP contribution in [0.1, 0.15) is 30.0 Å². The summed E-state index contributed by atoms with van der Waals surface area (Å²) in [7, 11) is 0. The van der Waals surface area contributed by atoms with E-state index in [9.17, 15) is 0 Å². The first-order valence-electron chi connectivity index (χ1n) is 6.13. The highest BCUT2D eigenvalue weighted by Gasteiger charge is 2.01. The predicted molar refractivity (Wildman–Crippen MR) is 78.7 cm³/mol. The van der Waals surface area contributed by atoms with Gasteiger partial charge in [-0.3, -0.25) is 0 Å². The van der Waals surface area contributed by atoms with Crippen molar-refractivity contribution in [3.63, 3.8) is 0 Å². The molecule has 0 saturated heterocycles. The van der Waals surface area contributed by atoms with Crippen LogP contribution in [-0.4, -0.2) is 19.8 Å². The highest BCUT2D eigenvalue weighted by atomic mass is 79.9. The Morgan fingerprint density at radius 1 is 1.41 bits per heavy atom. The van der Waals surface area contributed by atoms with Crippen LogP contribution in [0.4, 0.5) is 0 Å². The van der Waals surface area contributed by atoms with Gasteiger partial charge in [-0.2, -0.15) is 0 Å². The van der Waals surface area contributed by atoms with Gasteiger partial charge in [0.2, 0.25) is 0 Å². The summed E-state index contributed by atoms with van der Waals surface area (Å²) >= 11 is 5.37. The van der Waals surface area contributed by atoms with Gasteiger partial charge in [0.1, 0.15) is 0 Å². The molecule has 4 heteroatoms. The van der Waals surface area contributed by atoms with E-state index in [1.165, 1.54) is 14.2 Å². The van der Waals surface area contributed by atoms with Crippen molar-refractivity contribution in [1.29, 1.82) is 0 Å². The van der Waals surface area contributed by atoms with Gasteiger partial charge in [0.25, 0.3) is 0 Å². The Morgan fingerprint density at radius 3 is 2.76 bits per heavy atom. The second-order valence-electron chi connectivity index (χ2n) is 4.59. The number of thiophene rings is 1. The molecule has 1 rings (SSSR count). The molecule has 0 spiro atoms.